The van der Waals surface area contributed by atoms with Gasteiger partial charge < -0.3 is 46.5 Å². The van der Waals surface area contributed by atoms with Crippen molar-refractivity contribution in [3.63, 3.8) is 0 Å². The van der Waals surface area contributed by atoms with Crippen LogP contribution in [0.3, 0.4) is 0 Å². The molecule has 17 nitrogen and oxygen atoms in total. The highest BCUT2D eigenvalue weighted by molar-refractivity contribution is 5.90. The largest absolute Gasteiger partial charge is 0.452 e. The molecule has 0 radical (unpaired) electrons. The summed E-state index contributed by atoms with van der Waals surface area (Å²) in [7, 11) is 1.31. The van der Waals surface area contributed by atoms with Crippen LogP contribution in [0.25, 0.3) is 0 Å². The molecule has 8 N–H and O–H groups in total. The zero-order chi connectivity index (χ0) is 32.9. The van der Waals surface area contributed by atoms with Crippen LogP contribution in [0, 0.1) is 5.41 Å². The molecular weight excluding hydrogens is 570 g/mol. The van der Waals surface area contributed by atoms with Crippen LogP contribution < -0.4 is 32.3 Å². The third-order valence-electron chi connectivity index (χ3n) is 5.81. The molecule has 0 saturated carbocycles. The summed E-state index contributed by atoms with van der Waals surface area (Å²) >= 11 is 0. The molecule has 244 valence electrons. The van der Waals surface area contributed by atoms with Crippen molar-refractivity contribution < 1.29 is 47.8 Å². The van der Waals surface area contributed by atoms with Crippen LogP contribution in [0.5, 0.6) is 0 Å². The third kappa shape index (κ3) is 18.7. The number of amides is 4. The van der Waals surface area contributed by atoms with Crippen LogP contribution in [-0.4, -0.2) is 105 Å². The average Bonchev–Trinajstić information content (AvgIpc) is 2.92. The predicted octanol–water partition coefficient (Wildman–Crippen LogP) is -1.62. The Bertz CT molecular complexity index is 991. The molecule has 0 fully saturated rings. The quantitative estimate of drug-likeness (QED) is 0.0333. The summed E-state index contributed by atoms with van der Waals surface area (Å²) in [5, 5.41) is 19.7. The fourth-order valence-corrected chi connectivity index (χ4v) is 3.32. The first-order chi connectivity index (χ1) is 20.2. The lowest BCUT2D eigenvalue weighted by Crippen LogP contribution is -2.47. The van der Waals surface area contributed by atoms with Gasteiger partial charge in [-0.2, -0.15) is 0 Å². The van der Waals surface area contributed by atoms with E-state index in [9.17, 15) is 33.6 Å². The Morgan fingerprint density at radius 2 is 1.30 bits per heavy atom. The van der Waals surface area contributed by atoms with Crippen molar-refractivity contribution in [2.75, 3.05) is 33.4 Å². The summed E-state index contributed by atoms with van der Waals surface area (Å²) in [5.74, 6) is -3.77. The second-order valence-electron chi connectivity index (χ2n) is 9.64. The Labute approximate surface area is 250 Å². The van der Waals surface area contributed by atoms with Gasteiger partial charge in [0.15, 0.2) is 29.7 Å². The number of unbranched alkanes of at least 4 members (excludes halogenated alkanes) is 1. The number of hydrogen-bond acceptors (Lipinski definition) is 11. The highest BCUT2D eigenvalue weighted by Crippen LogP contribution is 2.07. The van der Waals surface area contributed by atoms with Crippen molar-refractivity contribution in [3.8, 4) is 0 Å². The van der Waals surface area contributed by atoms with Gasteiger partial charge in [0.2, 0.25) is 11.8 Å². The number of ketones is 2. The molecule has 0 aliphatic heterocycles. The number of carbonyl (C=O) groups excluding carboxylic acids is 7. The predicted molar refractivity (Wildman–Crippen MR) is 153 cm³/mol. The van der Waals surface area contributed by atoms with E-state index in [2.05, 4.69) is 26.6 Å². The van der Waals surface area contributed by atoms with E-state index in [1.807, 2.05) is 0 Å². The van der Waals surface area contributed by atoms with Gasteiger partial charge in [0, 0.05) is 20.2 Å². The molecule has 0 aliphatic rings. The zero-order valence-corrected chi connectivity index (χ0v) is 25.3. The van der Waals surface area contributed by atoms with E-state index in [0.29, 0.717) is 32.2 Å². The molecule has 0 spiro atoms. The molecule has 43 heavy (non-hydrogen) atoms. The van der Waals surface area contributed by atoms with Crippen molar-refractivity contribution in [1.82, 2.24) is 26.6 Å². The van der Waals surface area contributed by atoms with Gasteiger partial charge in [-0.1, -0.05) is 0 Å². The molecule has 17 heteroatoms. The summed E-state index contributed by atoms with van der Waals surface area (Å²) in [5.41, 5.74) is 5.19. The van der Waals surface area contributed by atoms with Gasteiger partial charge in [-0.3, -0.25) is 24.6 Å². The highest BCUT2D eigenvalue weighted by Gasteiger charge is 2.28. The van der Waals surface area contributed by atoms with Crippen LogP contribution in [0.2, 0.25) is 0 Å². The highest BCUT2D eigenvalue weighted by atomic mass is 16.6. The molecule has 0 bridgehead atoms. The SMILES string of the molecule is COCC(=O)NC(CCCCNC(=O)NCC(=O)NC(CCCNC(=N)N)C(C)=O)C(=O)OC(C)C(=O)OC(C)C(C)=O. The van der Waals surface area contributed by atoms with Gasteiger partial charge in [-0.25, -0.2) is 14.4 Å². The number of Topliss-reactive ketones (excluding diaryl/α,β-unsaturated/α-hetero) is 2. The number of nitrogens with two attached hydrogens (primary N) is 1. The monoisotopic (exact) mass is 615 g/mol. The van der Waals surface area contributed by atoms with Gasteiger partial charge in [0.1, 0.15) is 12.6 Å². The van der Waals surface area contributed by atoms with Crippen LogP contribution in [0.1, 0.15) is 59.8 Å². The van der Waals surface area contributed by atoms with E-state index < -0.39 is 54.1 Å². The fourth-order valence-electron chi connectivity index (χ4n) is 3.32. The minimum atomic E-state index is -1.33. The number of methoxy groups -OCH3 is 1. The first-order valence-electron chi connectivity index (χ1n) is 13.8. The van der Waals surface area contributed by atoms with Gasteiger partial charge >= 0.3 is 18.0 Å². The Morgan fingerprint density at radius 1 is 0.721 bits per heavy atom. The summed E-state index contributed by atoms with van der Waals surface area (Å²) in [4.78, 5) is 84.0. The van der Waals surface area contributed by atoms with Gasteiger partial charge in [-0.05, 0) is 59.8 Å². The first kappa shape index (κ1) is 38.7. The molecule has 4 amide bonds. The first-order valence-corrected chi connectivity index (χ1v) is 13.8. The summed E-state index contributed by atoms with van der Waals surface area (Å²) in [6.07, 6.45) is -0.665. The van der Waals surface area contributed by atoms with Gasteiger partial charge in [0.05, 0.1) is 12.6 Å². The smallest absolute Gasteiger partial charge is 0.347 e. The van der Waals surface area contributed by atoms with E-state index in [1.54, 1.807) is 0 Å². The maximum Gasteiger partial charge on any atom is 0.347 e. The average molecular weight is 616 g/mol. The maximum absolute atomic E-state index is 12.6. The Balaban J connectivity index is 4.63. The second-order valence-corrected chi connectivity index (χ2v) is 9.64. The fraction of sp³-hybridized carbons (Fsp3) is 0.692. The van der Waals surface area contributed by atoms with Crippen LogP contribution in [0.15, 0.2) is 0 Å². The van der Waals surface area contributed by atoms with Crippen molar-refractivity contribution in [2.45, 2.75) is 84.1 Å². The minimum Gasteiger partial charge on any atom is -0.452 e. The number of carbonyl (C=O) groups is 7. The van der Waals surface area contributed by atoms with Crippen molar-refractivity contribution >= 4 is 47.3 Å². The molecule has 0 rings (SSSR count). The summed E-state index contributed by atoms with van der Waals surface area (Å²) < 4.78 is 14.8. The van der Waals surface area contributed by atoms with Crippen molar-refractivity contribution in [1.29, 1.82) is 5.41 Å². The van der Waals surface area contributed by atoms with Crippen LogP contribution in [-0.2, 0) is 43.0 Å². The Hall–Kier alpha value is -4.28. The normalized spacial score (nSPS) is 13.2. The number of rotatable bonds is 21. The molecule has 0 heterocycles. The molecule has 0 aromatic carbocycles. The molecule has 0 aromatic rings. The minimum absolute atomic E-state index is 0.111. The lowest BCUT2D eigenvalue weighted by Gasteiger charge is -2.21. The third-order valence-corrected chi connectivity index (χ3v) is 5.81. The standard InChI is InChI=1S/C26H45N7O10/c1-15(34)17(3)42-23(38)18(4)43-24(39)20(33-22(37)14-41-5)9-6-7-11-30-26(40)31-13-21(36)32-19(16(2)35)10-8-12-29-25(27)28/h17-20H,6-14H2,1-5H3,(H,32,36)(H,33,37)(H4,27,28,29)(H2,30,31,40). The number of urea groups is 1. The lowest BCUT2D eigenvalue weighted by atomic mass is 10.1. The molecule has 0 saturated heterocycles. The molecule has 0 aromatic heterocycles. The molecular formula is C26H45N7O10. The van der Waals surface area contributed by atoms with E-state index in [-0.39, 0.29) is 43.6 Å². The van der Waals surface area contributed by atoms with Crippen molar-refractivity contribution in [3.05, 3.63) is 0 Å². The molecule has 4 atom stereocenters. The van der Waals surface area contributed by atoms with Crippen molar-refractivity contribution in [2.24, 2.45) is 5.73 Å². The topological polar surface area (TPSA) is 257 Å². The van der Waals surface area contributed by atoms with E-state index in [4.69, 9.17) is 25.4 Å². The summed E-state index contributed by atoms with van der Waals surface area (Å²) in [6, 6.07) is -2.49. The van der Waals surface area contributed by atoms with E-state index in [1.165, 1.54) is 34.8 Å². The molecule has 4 unspecified atom stereocenters. The Kier molecular flexibility index (Phi) is 19.3. The number of ether oxygens (including phenoxy) is 3. The van der Waals surface area contributed by atoms with Crippen LogP contribution >= 0.6 is 0 Å². The van der Waals surface area contributed by atoms with E-state index >= 15 is 0 Å². The number of esters is 2. The zero-order valence-electron chi connectivity index (χ0n) is 25.3. The number of guanidine groups is 1. The summed E-state index contributed by atoms with van der Waals surface area (Å²) in [6.45, 7) is 5.11. The number of hydrogen-bond donors (Lipinski definition) is 7. The lowest BCUT2D eigenvalue weighted by molar-refractivity contribution is -0.172. The second kappa shape index (κ2) is 21.4. The van der Waals surface area contributed by atoms with Gasteiger partial charge in [0.25, 0.3) is 0 Å². The van der Waals surface area contributed by atoms with E-state index in [0.717, 1.165) is 0 Å². The van der Waals surface area contributed by atoms with Gasteiger partial charge in [-0.15, -0.1) is 0 Å². The molecule has 0 aliphatic carbocycles. The van der Waals surface area contributed by atoms with Crippen LogP contribution in [0.4, 0.5) is 4.79 Å². The number of nitrogens with one attached hydrogen (secondary N) is 6. The maximum atomic E-state index is 12.6. The Morgan fingerprint density at radius 3 is 1.88 bits per heavy atom.